The van der Waals surface area contributed by atoms with Crippen molar-refractivity contribution < 1.29 is 27.9 Å². The lowest BCUT2D eigenvalue weighted by Crippen LogP contribution is -2.37. The highest BCUT2D eigenvalue weighted by molar-refractivity contribution is 5.85. The van der Waals surface area contributed by atoms with Gasteiger partial charge in [0.05, 0.1) is 0 Å². The Hall–Kier alpha value is -2.78. The smallest absolute Gasteiger partial charge is 0.475 e. The van der Waals surface area contributed by atoms with Gasteiger partial charge < -0.3 is 21.9 Å². The van der Waals surface area contributed by atoms with E-state index in [0.29, 0.717) is 13.0 Å². The van der Waals surface area contributed by atoms with Crippen molar-refractivity contribution in [3.63, 3.8) is 0 Å². The molecule has 26 heavy (non-hydrogen) atoms. The molecule has 0 heterocycles. The number of aliphatic carboxylic acids is 1. The Morgan fingerprint density at radius 2 is 1.77 bits per heavy atom. The van der Waals surface area contributed by atoms with Crippen LogP contribution in [-0.2, 0) is 16.0 Å². The zero-order chi connectivity index (χ0) is 20.2. The predicted molar refractivity (Wildman–Crippen MR) is 91.4 cm³/mol. The lowest BCUT2D eigenvalue weighted by molar-refractivity contribution is -0.192. The van der Waals surface area contributed by atoms with Crippen LogP contribution in [0, 0.1) is 0 Å². The van der Waals surface area contributed by atoms with Crippen LogP contribution < -0.4 is 16.8 Å². The van der Waals surface area contributed by atoms with Gasteiger partial charge in [0.2, 0.25) is 5.91 Å². The molecule has 1 unspecified atom stereocenters. The van der Waals surface area contributed by atoms with Crippen LogP contribution in [-0.4, -0.2) is 41.7 Å². The van der Waals surface area contributed by atoms with Gasteiger partial charge in [0.25, 0.3) is 0 Å². The first kappa shape index (κ1) is 23.2. The summed E-state index contributed by atoms with van der Waals surface area (Å²) in [5, 5.41) is 9.99. The van der Waals surface area contributed by atoms with E-state index in [2.05, 4.69) is 10.3 Å². The molecule has 1 amide bonds. The molecule has 0 saturated carbocycles. The highest BCUT2D eigenvalue weighted by Gasteiger charge is 2.38. The zero-order valence-electron chi connectivity index (χ0n) is 14.3. The van der Waals surface area contributed by atoms with Gasteiger partial charge in [-0.05, 0) is 18.4 Å². The van der Waals surface area contributed by atoms with Crippen LogP contribution in [0.15, 0.2) is 35.3 Å². The number of hydrogen-bond donors (Lipinski definition) is 4. The average Bonchev–Trinajstić information content (AvgIpc) is 2.54. The molecule has 0 radical (unpaired) electrons. The third-order valence-corrected chi connectivity index (χ3v) is 2.97. The molecule has 0 aliphatic carbocycles. The molecule has 7 nitrogen and oxygen atoms in total. The highest BCUT2D eigenvalue weighted by atomic mass is 19.4. The summed E-state index contributed by atoms with van der Waals surface area (Å²) in [6.07, 6.45) is -2.78. The molecule has 1 rings (SSSR count). The van der Waals surface area contributed by atoms with E-state index in [0.717, 1.165) is 12.8 Å². The number of carbonyl (C=O) groups is 2. The summed E-state index contributed by atoms with van der Waals surface area (Å²) >= 11 is 0. The van der Waals surface area contributed by atoms with Gasteiger partial charge in [0, 0.05) is 6.54 Å². The Kier molecular flexibility index (Phi) is 10.5. The molecule has 0 aliphatic rings. The van der Waals surface area contributed by atoms with Crippen molar-refractivity contribution in [3.05, 3.63) is 35.9 Å². The second kappa shape index (κ2) is 11.7. The molecule has 0 aromatic heterocycles. The number of guanidine groups is 1. The normalized spacial score (nSPS) is 11.5. The van der Waals surface area contributed by atoms with E-state index in [9.17, 15) is 18.0 Å². The van der Waals surface area contributed by atoms with E-state index in [-0.39, 0.29) is 11.9 Å². The van der Waals surface area contributed by atoms with Crippen molar-refractivity contribution in [2.24, 2.45) is 16.5 Å². The molecule has 0 saturated heterocycles. The number of nitrogens with two attached hydrogens (primary N) is 2. The van der Waals surface area contributed by atoms with Crippen LogP contribution in [0.2, 0.25) is 0 Å². The maximum atomic E-state index is 11.9. The molecule has 0 fully saturated rings. The van der Waals surface area contributed by atoms with Crippen LogP contribution >= 0.6 is 0 Å². The van der Waals surface area contributed by atoms with E-state index in [1.807, 2.05) is 37.3 Å². The number of carbonyl (C=O) groups excluding carboxylic acids is 1. The van der Waals surface area contributed by atoms with Gasteiger partial charge in [-0.1, -0.05) is 43.7 Å². The minimum absolute atomic E-state index is 0.0448. The number of alkyl halides is 3. The summed E-state index contributed by atoms with van der Waals surface area (Å²) in [5.74, 6) is -2.92. The van der Waals surface area contributed by atoms with Gasteiger partial charge in [-0.15, -0.1) is 0 Å². The van der Waals surface area contributed by atoms with E-state index >= 15 is 0 Å². The first-order valence-electron chi connectivity index (χ1n) is 7.78. The summed E-state index contributed by atoms with van der Waals surface area (Å²) in [6, 6.07) is 9.52. The average molecular weight is 376 g/mol. The summed E-state index contributed by atoms with van der Waals surface area (Å²) in [4.78, 5) is 24.8. The predicted octanol–water partition coefficient (Wildman–Crippen LogP) is 1.42. The lowest BCUT2D eigenvalue weighted by atomic mass is 10.1. The van der Waals surface area contributed by atoms with Crippen molar-refractivity contribution in [3.8, 4) is 0 Å². The molecule has 0 bridgehead atoms. The first-order valence-corrected chi connectivity index (χ1v) is 7.78. The number of carboxylic acid groups (broad SMARTS) is 1. The third kappa shape index (κ3) is 10.9. The SMILES string of the molecule is CCCC(N=C(N)N)C(=O)NCCc1ccccc1.O=C(O)C(F)(F)F. The maximum absolute atomic E-state index is 11.9. The molecule has 1 aromatic rings. The Balaban J connectivity index is 0.000000758. The second-order valence-corrected chi connectivity index (χ2v) is 5.19. The molecule has 0 aliphatic heterocycles. The largest absolute Gasteiger partial charge is 0.490 e. The molecule has 146 valence electrons. The van der Waals surface area contributed by atoms with E-state index in [1.54, 1.807) is 0 Å². The van der Waals surface area contributed by atoms with Crippen molar-refractivity contribution in [2.45, 2.75) is 38.4 Å². The van der Waals surface area contributed by atoms with Gasteiger partial charge in [-0.25, -0.2) is 9.79 Å². The molecule has 1 atom stereocenters. The van der Waals surface area contributed by atoms with Crippen LogP contribution in [0.4, 0.5) is 13.2 Å². The maximum Gasteiger partial charge on any atom is 0.490 e. The standard InChI is InChI=1S/C14H22N4O.C2HF3O2/c1-2-6-12(18-14(15)16)13(19)17-10-9-11-7-4-3-5-8-11;3-2(4,5)1(6)7/h3-5,7-8,12H,2,6,9-10H2,1H3,(H,17,19)(H4,15,16,18);(H,6,7). The Labute approximate surface area is 149 Å². The van der Waals surface area contributed by atoms with Gasteiger partial charge in [0.15, 0.2) is 5.96 Å². The fourth-order valence-corrected chi connectivity index (χ4v) is 1.80. The minimum atomic E-state index is -5.08. The fraction of sp³-hybridized carbons (Fsp3) is 0.438. The summed E-state index contributed by atoms with van der Waals surface area (Å²) < 4.78 is 31.7. The number of rotatable bonds is 7. The van der Waals surface area contributed by atoms with E-state index in [4.69, 9.17) is 21.4 Å². The monoisotopic (exact) mass is 376 g/mol. The molecule has 1 aromatic carbocycles. The second-order valence-electron chi connectivity index (χ2n) is 5.19. The number of nitrogens with one attached hydrogen (secondary N) is 1. The molecular formula is C16H23F3N4O3. The van der Waals surface area contributed by atoms with E-state index < -0.39 is 18.2 Å². The summed E-state index contributed by atoms with van der Waals surface area (Å²) in [5.41, 5.74) is 11.8. The first-order chi connectivity index (χ1) is 12.1. The van der Waals surface area contributed by atoms with Gasteiger partial charge in [0.1, 0.15) is 6.04 Å². The van der Waals surface area contributed by atoms with Gasteiger partial charge in [-0.3, -0.25) is 4.79 Å². The number of benzene rings is 1. The summed E-state index contributed by atoms with van der Waals surface area (Å²) in [7, 11) is 0. The Morgan fingerprint density at radius 3 is 2.19 bits per heavy atom. The molecule has 6 N–H and O–H groups in total. The topological polar surface area (TPSA) is 131 Å². The van der Waals surface area contributed by atoms with Crippen LogP contribution in [0.5, 0.6) is 0 Å². The molecular weight excluding hydrogens is 353 g/mol. The lowest BCUT2D eigenvalue weighted by Gasteiger charge is -2.12. The molecule has 10 heteroatoms. The minimum Gasteiger partial charge on any atom is -0.475 e. The Bertz CT molecular complexity index is 588. The van der Waals surface area contributed by atoms with Gasteiger partial charge >= 0.3 is 12.1 Å². The highest BCUT2D eigenvalue weighted by Crippen LogP contribution is 2.13. The van der Waals surface area contributed by atoms with Crippen LogP contribution in [0.1, 0.15) is 25.3 Å². The summed E-state index contributed by atoms with van der Waals surface area (Å²) in [6.45, 7) is 2.58. The van der Waals surface area contributed by atoms with Crippen molar-refractivity contribution in [1.82, 2.24) is 5.32 Å². The number of carboxylic acids is 1. The van der Waals surface area contributed by atoms with Crippen LogP contribution in [0.25, 0.3) is 0 Å². The molecule has 0 spiro atoms. The van der Waals surface area contributed by atoms with Crippen molar-refractivity contribution in [2.75, 3.05) is 6.54 Å². The van der Waals surface area contributed by atoms with Crippen molar-refractivity contribution >= 4 is 17.8 Å². The number of hydrogen-bond acceptors (Lipinski definition) is 3. The number of aliphatic imine (C=N–C) groups is 1. The van der Waals surface area contributed by atoms with E-state index in [1.165, 1.54) is 5.56 Å². The fourth-order valence-electron chi connectivity index (χ4n) is 1.80. The number of halogens is 3. The quantitative estimate of drug-likeness (QED) is 0.422. The van der Waals surface area contributed by atoms with Crippen molar-refractivity contribution in [1.29, 1.82) is 0 Å². The third-order valence-electron chi connectivity index (χ3n) is 2.97. The van der Waals surface area contributed by atoms with Gasteiger partial charge in [-0.2, -0.15) is 13.2 Å². The number of nitrogens with zero attached hydrogens (tertiary/aromatic N) is 1. The Morgan fingerprint density at radius 1 is 1.23 bits per heavy atom. The zero-order valence-corrected chi connectivity index (χ0v) is 14.3. The van der Waals surface area contributed by atoms with Crippen LogP contribution in [0.3, 0.4) is 0 Å². The number of amides is 1.